The van der Waals surface area contributed by atoms with E-state index in [0.717, 1.165) is 26.9 Å². The van der Waals surface area contributed by atoms with Crippen LogP contribution in [0.25, 0.3) is 0 Å². The Hall–Kier alpha value is -2.30. The van der Waals surface area contributed by atoms with E-state index in [1.807, 2.05) is 19.1 Å². The molecule has 0 radical (unpaired) electrons. The molecule has 10 heteroatoms. The van der Waals surface area contributed by atoms with Gasteiger partial charge in [0.2, 0.25) is 11.8 Å². The number of phenolic OH excluding ortho intramolecular Hbond substituents is 1. The molecule has 2 saturated carbocycles. The van der Waals surface area contributed by atoms with E-state index in [0.29, 0.717) is 12.4 Å². The molecule has 2 bridgehead atoms. The van der Waals surface area contributed by atoms with Crippen molar-refractivity contribution in [3.05, 3.63) is 38.3 Å². The number of nitrogens with zero attached hydrogens (tertiary/aromatic N) is 1. The third-order valence-electron chi connectivity index (χ3n) is 7.40. The summed E-state index contributed by atoms with van der Waals surface area (Å²) in [5, 5.41) is 12.0. The molecule has 4 aliphatic rings. The van der Waals surface area contributed by atoms with E-state index >= 15 is 0 Å². The molecule has 0 spiro atoms. The molecule has 162 valence electrons. The highest BCUT2D eigenvalue weighted by molar-refractivity contribution is 8.00. The van der Waals surface area contributed by atoms with Gasteiger partial charge in [-0.2, -0.15) is 0 Å². The monoisotopic (exact) mass is 459 g/mol. The first-order valence-electron chi connectivity index (χ1n) is 10.4. The van der Waals surface area contributed by atoms with Crippen LogP contribution >= 0.6 is 23.1 Å². The summed E-state index contributed by atoms with van der Waals surface area (Å²) in [6.07, 6.45) is 0.815. The molecule has 3 heterocycles. The topological polar surface area (TPSA) is 126 Å². The Bertz CT molecular complexity index is 1180. The van der Waals surface area contributed by atoms with Crippen molar-refractivity contribution in [3.63, 3.8) is 0 Å². The number of hydrogen-bond acceptors (Lipinski definition) is 8. The molecular weight excluding hydrogens is 438 g/mol. The number of imide groups is 1. The lowest BCUT2D eigenvalue weighted by Gasteiger charge is -2.43. The van der Waals surface area contributed by atoms with Crippen LogP contribution in [0.15, 0.2) is 28.0 Å². The molecule has 31 heavy (non-hydrogen) atoms. The summed E-state index contributed by atoms with van der Waals surface area (Å²) in [4.78, 5) is 41.6. The zero-order chi connectivity index (χ0) is 21.6. The number of amides is 2. The zero-order valence-electron chi connectivity index (χ0n) is 16.6. The third-order valence-corrected chi connectivity index (χ3v) is 9.99. The van der Waals surface area contributed by atoms with E-state index in [4.69, 9.17) is 10.6 Å². The average molecular weight is 460 g/mol. The summed E-state index contributed by atoms with van der Waals surface area (Å²) in [5.74, 6) is 5.03. The second-order valence-corrected chi connectivity index (χ2v) is 10.9. The van der Waals surface area contributed by atoms with Crippen LogP contribution in [-0.2, 0) is 9.59 Å². The van der Waals surface area contributed by atoms with Gasteiger partial charge in [0.05, 0.1) is 23.5 Å². The maximum Gasteiger partial charge on any atom is 0.305 e. The fourth-order valence-electron chi connectivity index (χ4n) is 6.41. The first-order chi connectivity index (χ1) is 14.9. The summed E-state index contributed by atoms with van der Waals surface area (Å²) < 4.78 is 5.61. The average Bonchev–Trinajstić information content (AvgIpc) is 3.46. The van der Waals surface area contributed by atoms with Gasteiger partial charge >= 0.3 is 4.87 Å². The minimum absolute atomic E-state index is 0.0252. The maximum absolute atomic E-state index is 12.8. The Kier molecular flexibility index (Phi) is 4.13. The predicted octanol–water partition coefficient (Wildman–Crippen LogP) is 1.89. The Balaban J connectivity index is 1.50. The van der Waals surface area contributed by atoms with E-state index < -0.39 is 0 Å². The number of phenols is 1. The number of rotatable bonds is 3. The molecule has 8 nitrogen and oxygen atoms in total. The number of nitrogens with one attached hydrogen (secondary N) is 1. The number of hydrogen-bond donors (Lipinski definition) is 3. The molecule has 4 N–H and O–H groups in total. The van der Waals surface area contributed by atoms with E-state index in [2.05, 4.69) is 4.98 Å². The molecule has 3 fully saturated rings. The summed E-state index contributed by atoms with van der Waals surface area (Å²) >= 11 is 2.83. The lowest BCUT2D eigenvalue weighted by Crippen LogP contribution is -2.42. The Morgan fingerprint density at radius 1 is 1.23 bits per heavy atom. The number of hydrazine groups is 1. The standard InChI is InChI=1S/C21H21N3O5S2/c1-2-29-11-5-7(3-4-10(11)25)12-13-8-6-9(15-14(8)19(26)24(22)20(15)27)16(13)30-18-17(12)31-21(28)23-18/h3-5,8-9,12-16,25H,2,6,22H2,1H3,(H,23,28)/t8-,9-,12-,13+,14-,15-,16-/m1/s1. The van der Waals surface area contributed by atoms with Gasteiger partial charge in [-0.25, -0.2) is 10.9 Å². The van der Waals surface area contributed by atoms with Gasteiger partial charge in [0.15, 0.2) is 11.5 Å². The van der Waals surface area contributed by atoms with Crippen LogP contribution in [0, 0.1) is 29.6 Å². The van der Waals surface area contributed by atoms with Gasteiger partial charge in [-0.1, -0.05) is 17.4 Å². The molecular formula is C21H21N3O5S2. The van der Waals surface area contributed by atoms with Crippen molar-refractivity contribution >= 4 is 34.9 Å². The highest BCUT2D eigenvalue weighted by Gasteiger charge is 2.69. The van der Waals surface area contributed by atoms with Crippen LogP contribution in [0.4, 0.5) is 0 Å². The number of thiazole rings is 1. The largest absolute Gasteiger partial charge is 0.504 e. The van der Waals surface area contributed by atoms with Gasteiger partial charge in [-0.05, 0) is 48.8 Å². The summed E-state index contributed by atoms with van der Waals surface area (Å²) in [6, 6.07) is 5.32. The first-order valence-corrected chi connectivity index (χ1v) is 12.1. The van der Waals surface area contributed by atoms with Crippen molar-refractivity contribution in [2.45, 2.75) is 29.5 Å². The summed E-state index contributed by atoms with van der Waals surface area (Å²) in [5.41, 5.74) is 0.943. The molecule has 1 aromatic carbocycles. The van der Waals surface area contributed by atoms with Gasteiger partial charge in [0.1, 0.15) is 0 Å². The van der Waals surface area contributed by atoms with Crippen molar-refractivity contribution in [1.82, 2.24) is 9.99 Å². The number of H-pyrrole nitrogens is 1. The summed E-state index contributed by atoms with van der Waals surface area (Å²) in [6.45, 7) is 2.27. The van der Waals surface area contributed by atoms with Crippen LogP contribution < -0.4 is 15.5 Å². The second-order valence-electron chi connectivity index (χ2n) is 8.67. The number of aromatic hydroxyl groups is 1. The van der Waals surface area contributed by atoms with Crippen molar-refractivity contribution in [2.24, 2.45) is 35.4 Å². The highest BCUT2D eigenvalue weighted by atomic mass is 32.2. The fraction of sp³-hybridized carbons (Fsp3) is 0.476. The van der Waals surface area contributed by atoms with Gasteiger partial charge in [-0.3, -0.25) is 14.4 Å². The minimum Gasteiger partial charge on any atom is -0.504 e. The number of ether oxygens (including phenoxy) is 1. The predicted molar refractivity (Wildman–Crippen MR) is 114 cm³/mol. The smallest absolute Gasteiger partial charge is 0.305 e. The van der Waals surface area contributed by atoms with Crippen molar-refractivity contribution < 1.29 is 19.4 Å². The van der Waals surface area contributed by atoms with Crippen molar-refractivity contribution in [2.75, 3.05) is 6.61 Å². The number of aromatic nitrogens is 1. The Morgan fingerprint density at radius 2 is 1.97 bits per heavy atom. The van der Waals surface area contributed by atoms with Crippen molar-refractivity contribution in [1.29, 1.82) is 0 Å². The van der Waals surface area contributed by atoms with E-state index in [1.165, 1.54) is 11.3 Å². The molecule has 1 aromatic heterocycles. The quantitative estimate of drug-likeness (QED) is 0.363. The molecule has 0 unspecified atom stereocenters. The zero-order valence-corrected chi connectivity index (χ0v) is 18.2. The van der Waals surface area contributed by atoms with Crippen LogP contribution in [0.5, 0.6) is 11.5 Å². The van der Waals surface area contributed by atoms with Gasteiger partial charge in [-0.15, -0.1) is 11.8 Å². The molecule has 6 rings (SSSR count). The van der Waals surface area contributed by atoms with E-state index in [-0.39, 0.29) is 63.2 Å². The normalized spacial score (nSPS) is 35.3. The molecule has 2 amide bonds. The third kappa shape index (κ3) is 2.49. The van der Waals surface area contributed by atoms with Gasteiger partial charge < -0.3 is 14.8 Å². The second kappa shape index (κ2) is 6.60. The van der Waals surface area contributed by atoms with Crippen LogP contribution in [-0.4, -0.2) is 38.8 Å². The summed E-state index contributed by atoms with van der Waals surface area (Å²) in [7, 11) is 0. The SMILES string of the molecule is CCOc1cc([C@H]2c3sc(=O)[nH]c3S[C@@H]3[C@@H]4C[C@@H]([C@H]5C(=O)N(N)C(=O)[C@H]45)[C@@H]23)ccc1O. The number of carbonyl (C=O) groups excluding carboxylic acids is 2. The molecule has 2 aromatic rings. The van der Waals surface area contributed by atoms with Crippen LogP contribution in [0.3, 0.4) is 0 Å². The number of benzene rings is 1. The molecule has 7 atom stereocenters. The lowest BCUT2D eigenvalue weighted by molar-refractivity contribution is -0.141. The van der Waals surface area contributed by atoms with E-state index in [9.17, 15) is 19.5 Å². The van der Waals surface area contributed by atoms with Crippen molar-refractivity contribution in [3.8, 4) is 11.5 Å². The van der Waals surface area contributed by atoms with Gasteiger partial charge in [0, 0.05) is 16.0 Å². The van der Waals surface area contributed by atoms with E-state index in [1.54, 1.807) is 17.8 Å². The lowest BCUT2D eigenvalue weighted by atomic mass is 9.68. The molecule has 2 aliphatic heterocycles. The minimum atomic E-state index is -0.382. The fourth-order valence-corrected chi connectivity index (χ4v) is 9.30. The van der Waals surface area contributed by atoms with Crippen LogP contribution in [0.2, 0.25) is 0 Å². The Labute approximate surface area is 185 Å². The number of carbonyl (C=O) groups is 2. The van der Waals surface area contributed by atoms with Gasteiger partial charge in [0.25, 0.3) is 0 Å². The number of thioether (sulfide) groups is 1. The Morgan fingerprint density at radius 3 is 2.71 bits per heavy atom. The number of nitrogens with two attached hydrogens (primary N) is 1. The number of aromatic amines is 1. The molecule has 2 aliphatic carbocycles. The highest BCUT2D eigenvalue weighted by Crippen LogP contribution is 2.68. The van der Waals surface area contributed by atoms with Crippen LogP contribution in [0.1, 0.15) is 29.7 Å². The maximum atomic E-state index is 12.8. The molecule has 1 saturated heterocycles. The number of fused-ring (bicyclic) bond motifs is 9. The first kappa shape index (κ1) is 19.4.